The average Bonchev–Trinajstić information content (AvgIpc) is 2.62. The summed E-state index contributed by atoms with van der Waals surface area (Å²) in [5.41, 5.74) is 0. The van der Waals surface area contributed by atoms with Gasteiger partial charge in [0.15, 0.2) is 0 Å². The van der Waals surface area contributed by atoms with E-state index in [4.69, 9.17) is 4.74 Å². The molecule has 134 valence electrons. The van der Waals surface area contributed by atoms with Crippen LogP contribution in [-0.2, 0) is 19.6 Å². The van der Waals surface area contributed by atoms with Gasteiger partial charge in [0, 0.05) is 7.05 Å². The number of esters is 1. The van der Waals surface area contributed by atoms with E-state index >= 15 is 0 Å². The number of sulfonamides is 1. The molecule has 5 nitrogen and oxygen atoms in total. The molecule has 2 aromatic rings. The highest BCUT2D eigenvalue weighted by atomic mass is 32.2. The van der Waals surface area contributed by atoms with E-state index in [9.17, 15) is 13.2 Å². The molecule has 2 aromatic carbocycles. The van der Waals surface area contributed by atoms with Crippen molar-refractivity contribution in [2.75, 3.05) is 13.6 Å². The summed E-state index contributed by atoms with van der Waals surface area (Å²) < 4.78 is 31.9. The first-order chi connectivity index (χ1) is 12.0. The van der Waals surface area contributed by atoms with Gasteiger partial charge in [-0.05, 0) is 48.6 Å². The maximum Gasteiger partial charge on any atom is 0.321 e. The van der Waals surface area contributed by atoms with E-state index in [1.807, 2.05) is 24.3 Å². The van der Waals surface area contributed by atoms with E-state index in [1.165, 1.54) is 13.5 Å². The zero-order valence-corrected chi connectivity index (χ0v) is 15.2. The lowest BCUT2D eigenvalue weighted by Crippen LogP contribution is -2.35. The summed E-state index contributed by atoms with van der Waals surface area (Å²) in [6, 6.07) is 12.5. The summed E-state index contributed by atoms with van der Waals surface area (Å²) in [7, 11) is -2.32. The SMILES string of the molecule is CN(CC(=O)OC1CCCCC1)S(=O)(=O)c1ccc2ccccc2c1. The summed E-state index contributed by atoms with van der Waals surface area (Å²) in [4.78, 5) is 12.3. The third-order valence-electron chi connectivity index (χ3n) is 4.63. The number of likely N-dealkylation sites (N-methyl/N-ethyl adjacent to an activating group) is 1. The summed E-state index contributed by atoms with van der Waals surface area (Å²) in [5.74, 6) is -0.487. The number of hydrogen-bond donors (Lipinski definition) is 0. The van der Waals surface area contributed by atoms with Crippen LogP contribution in [0.25, 0.3) is 10.8 Å². The Morgan fingerprint density at radius 1 is 1.08 bits per heavy atom. The molecule has 1 aliphatic carbocycles. The molecular weight excluding hydrogens is 338 g/mol. The summed E-state index contributed by atoms with van der Waals surface area (Å²) in [6.45, 7) is -0.272. The van der Waals surface area contributed by atoms with E-state index in [0.717, 1.165) is 40.8 Å². The fourth-order valence-electron chi connectivity index (χ4n) is 3.18. The Balaban J connectivity index is 1.70. The third kappa shape index (κ3) is 4.19. The Bertz CT molecular complexity index is 857. The fraction of sp³-hybridized carbons (Fsp3) is 0.421. The molecule has 0 N–H and O–H groups in total. The molecule has 3 rings (SSSR count). The predicted molar refractivity (Wildman–Crippen MR) is 96.7 cm³/mol. The Morgan fingerprint density at radius 2 is 1.76 bits per heavy atom. The molecule has 0 radical (unpaired) electrons. The summed E-state index contributed by atoms with van der Waals surface area (Å²) in [5, 5.41) is 1.82. The zero-order valence-electron chi connectivity index (χ0n) is 14.3. The molecule has 1 fully saturated rings. The Hall–Kier alpha value is -1.92. The van der Waals surface area contributed by atoms with E-state index < -0.39 is 16.0 Å². The first-order valence-corrected chi connectivity index (χ1v) is 10.1. The molecule has 6 heteroatoms. The van der Waals surface area contributed by atoms with Gasteiger partial charge in [0.1, 0.15) is 12.6 Å². The fourth-order valence-corrected chi connectivity index (χ4v) is 4.33. The normalized spacial score (nSPS) is 16.2. The lowest BCUT2D eigenvalue weighted by atomic mass is 9.98. The number of carbonyl (C=O) groups excluding carboxylic acids is 1. The first-order valence-electron chi connectivity index (χ1n) is 8.61. The van der Waals surface area contributed by atoms with Crippen LogP contribution in [0.4, 0.5) is 0 Å². The van der Waals surface area contributed by atoms with E-state index in [0.29, 0.717) is 0 Å². The van der Waals surface area contributed by atoms with Gasteiger partial charge in [0.2, 0.25) is 10.0 Å². The molecule has 0 amide bonds. The van der Waals surface area contributed by atoms with Crippen molar-refractivity contribution in [2.45, 2.75) is 43.1 Å². The molecule has 25 heavy (non-hydrogen) atoms. The Morgan fingerprint density at radius 3 is 2.48 bits per heavy atom. The number of hydrogen-bond acceptors (Lipinski definition) is 4. The average molecular weight is 361 g/mol. The van der Waals surface area contributed by atoms with Crippen LogP contribution < -0.4 is 0 Å². The minimum atomic E-state index is -3.73. The Kier molecular flexibility index (Phi) is 5.39. The van der Waals surface area contributed by atoms with Crippen molar-refractivity contribution in [1.82, 2.24) is 4.31 Å². The van der Waals surface area contributed by atoms with E-state index in [2.05, 4.69) is 0 Å². The second-order valence-corrected chi connectivity index (χ2v) is 8.56. The van der Waals surface area contributed by atoms with Crippen LogP contribution in [0.15, 0.2) is 47.4 Å². The number of rotatable bonds is 5. The smallest absolute Gasteiger partial charge is 0.321 e. The van der Waals surface area contributed by atoms with E-state index in [-0.39, 0.29) is 17.5 Å². The van der Waals surface area contributed by atoms with Gasteiger partial charge in [-0.15, -0.1) is 0 Å². The molecule has 0 heterocycles. The quantitative estimate of drug-likeness (QED) is 0.766. The lowest BCUT2D eigenvalue weighted by molar-refractivity contribution is -0.150. The van der Waals surface area contributed by atoms with E-state index in [1.54, 1.807) is 18.2 Å². The van der Waals surface area contributed by atoms with Crippen molar-refractivity contribution in [3.8, 4) is 0 Å². The van der Waals surface area contributed by atoms with Gasteiger partial charge in [-0.2, -0.15) is 4.31 Å². The highest BCUT2D eigenvalue weighted by Crippen LogP contribution is 2.22. The number of benzene rings is 2. The summed E-state index contributed by atoms with van der Waals surface area (Å²) >= 11 is 0. The molecule has 0 spiro atoms. The lowest BCUT2D eigenvalue weighted by Gasteiger charge is -2.23. The predicted octanol–water partition coefficient (Wildman–Crippen LogP) is 3.34. The van der Waals surface area contributed by atoms with Crippen LogP contribution in [0.3, 0.4) is 0 Å². The Labute approximate surface area is 148 Å². The van der Waals surface area contributed by atoms with Crippen LogP contribution in [0.1, 0.15) is 32.1 Å². The maximum atomic E-state index is 12.7. The molecule has 0 aliphatic heterocycles. The molecule has 1 aliphatic rings. The zero-order chi connectivity index (χ0) is 17.9. The molecular formula is C19H23NO4S. The van der Waals surface area contributed by atoms with Gasteiger partial charge in [-0.25, -0.2) is 8.42 Å². The monoisotopic (exact) mass is 361 g/mol. The van der Waals surface area contributed by atoms with Crippen LogP contribution in [0.5, 0.6) is 0 Å². The van der Waals surface area contributed by atoms with Gasteiger partial charge < -0.3 is 4.74 Å². The maximum absolute atomic E-state index is 12.7. The van der Waals surface area contributed by atoms with Crippen molar-refractivity contribution < 1.29 is 17.9 Å². The van der Waals surface area contributed by atoms with Crippen molar-refractivity contribution in [1.29, 1.82) is 0 Å². The standard InChI is InChI=1S/C19H23NO4S/c1-20(14-19(21)24-17-9-3-2-4-10-17)25(22,23)18-12-11-15-7-5-6-8-16(15)13-18/h5-8,11-13,17H,2-4,9-10,14H2,1H3. The third-order valence-corrected chi connectivity index (χ3v) is 6.43. The topological polar surface area (TPSA) is 63.7 Å². The largest absolute Gasteiger partial charge is 0.461 e. The number of fused-ring (bicyclic) bond motifs is 1. The van der Waals surface area contributed by atoms with Crippen molar-refractivity contribution in [3.63, 3.8) is 0 Å². The molecule has 0 saturated heterocycles. The number of ether oxygens (including phenoxy) is 1. The highest BCUT2D eigenvalue weighted by molar-refractivity contribution is 7.89. The summed E-state index contributed by atoms with van der Waals surface area (Å²) in [6.07, 6.45) is 4.95. The second-order valence-electron chi connectivity index (χ2n) is 6.52. The van der Waals surface area contributed by atoms with Crippen molar-refractivity contribution in [3.05, 3.63) is 42.5 Å². The molecule has 0 atom stereocenters. The van der Waals surface area contributed by atoms with Crippen LogP contribution in [0, 0.1) is 0 Å². The van der Waals surface area contributed by atoms with Crippen LogP contribution >= 0.6 is 0 Å². The van der Waals surface area contributed by atoms with Gasteiger partial charge in [0.05, 0.1) is 4.90 Å². The van der Waals surface area contributed by atoms with Crippen molar-refractivity contribution >= 4 is 26.8 Å². The first kappa shape index (κ1) is 17.9. The van der Waals surface area contributed by atoms with Crippen LogP contribution in [0.2, 0.25) is 0 Å². The van der Waals surface area contributed by atoms with Crippen molar-refractivity contribution in [2.24, 2.45) is 0 Å². The molecule has 0 unspecified atom stereocenters. The molecule has 1 saturated carbocycles. The molecule has 0 aromatic heterocycles. The minimum Gasteiger partial charge on any atom is -0.461 e. The minimum absolute atomic E-state index is 0.0713. The second kappa shape index (κ2) is 7.54. The number of nitrogens with zero attached hydrogens (tertiary/aromatic N) is 1. The highest BCUT2D eigenvalue weighted by Gasteiger charge is 2.25. The number of carbonyl (C=O) groups is 1. The van der Waals surface area contributed by atoms with Crippen LogP contribution in [-0.4, -0.2) is 38.4 Å². The van der Waals surface area contributed by atoms with Gasteiger partial charge in [0.25, 0.3) is 0 Å². The van der Waals surface area contributed by atoms with Gasteiger partial charge >= 0.3 is 5.97 Å². The molecule has 0 bridgehead atoms. The van der Waals surface area contributed by atoms with Gasteiger partial charge in [-0.1, -0.05) is 36.8 Å². The van der Waals surface area contributed by atoms with Gasteiger partial charge in [-0.3, -0.25) is 4.79 Å².